The first-order chi connectivity index (χ1) is 9.47. The van der Waals surface area contributed by atoms with E-state index >= 15 is 0 Å². The molecule has 0 spiro atoms. The van der Waals surface area contributed by atoms with Crippen LogP contribution >= 0.6 is 15.9 Å². The first-order valence-electron chi connectivity index (χ1n) is 6.94. The van der Waals surface area contributed by atoms with Crippen LogP contribution < -0.4 is 5.32 Å². The van der Waals surface area contributed by atoms with Crippen LogP contribution in [-0.2, 0) is 13.1 Å². The molecule has 0 aromatic carbocycles. The van der Waals surface area contributed by atoms with Gasteiger partial charge in [-0.25, -0.2) is 0 Å². The third-order valence-electron chi connectivity index (χ3n) is 3.19. The van der Waals surface area contributed by atoms with Crippen LogP contribution in [0.3, 0.4) is 0 Å². The number of nitrogens with zero attached hydrogens (tertiary/aromatic N) is 2. The van der Waals surface area contributed by atoms with Crippen LogP contribution in [0.15, 0.2) is 21.2 Å². The summed E-state index contributed by atoms with van der Waals surface area (Å²) in [5, 5.41) is 7.91. The summed E-state index contributed by atoms with van der Waals surface area (Å²) in [5.41, 5.74) is 3.31. The molecular formula is C15H22BrN3O. The van der Waals surface area contributed by atoms with Crippen molar-refractivity contribution < 1.29 is 4.42 Å². The molecule has 1 N–H and O–H groups in total. The van der Waals surface area contributed by atoms with E-state index in [1.54, 1.807) is 0 Å². The lowest BCUT2D eigenvalue weighted by Gasteiger charge is -2.04. The fourth-order valence-electron chi connectivity index (χ4n) is 2.08. The lowest BCUT2D eigenvalue weighted by Crippen LogP contribution is -2.18. The Balaban J connectivity index is 1.97. The average molecular weight is 340 g/mol. The van der Waals surface area contributed by atoms with Crippen molar-refractivity contribution in [3.8, 4) is 0 Å². The summed E-state index contributed by atoms with van der Waals surface area (Å²) >= 11 is 3.54. The second kappa shape index (κ2) is 6.59. The van der Waals surface area contributed by atoms with E-state index in [1.807, 2.05) is 17.9 Å². The molecule has 20 heavy (non-hydrogen) atoms. The first-order valence-corrected chi connectivity index (χ1v) is 7.73. The van der Waals surface area contributed by atoms with Gasteiger partial charge in [0.2, 0.25) is 0 Å². The summed E-state index contributed by atoms with van der Waals surface area (Å²) in [6.07, 6.45) is 1.82. The van der Waals surface area contributed by atoms with Gasteiger partial charge in [-0.15, -0.1) is 0 Å². The monoisotopic (exact) mass is 339 g/mol. The number of aryl methyl sites for hydroxylation is 1. The SMILES string of the molecule is Cc1nn(Cc2cc(CNCC(C)C)co2)c(C)c1Br. The maximum absolute atomic E-state index is 5.61. The Hall–Kier alpha value is -1.07. The molecular weight excluding hydrogens is 318 g/mol. The van der Waals surface area contributed by atoms with Gasteiger partial charge in [-0.1, -0.05) is 13.8 Å². The maximum Gasteiger partial charge on any atom is 0.125 e. The Kier molecular flexibility index (Phi) is 5.05. The Bertz CT molecular complexity index is 572. The van der Waals surface area contributed by atoms with E-state index in [9.17, 15) is 0 Å². The second-order valence-electron chi connectivity index (χ2n) is 5.59. The highest BCUT2D eigenvalue weighted by Gasteiger charge is 2.10. The molecule has 0 unspecified atom stereocenters. The zero-order chi connectivity index (χ0) is 14.7. The van der Waals surface area contributed by atoms with E-state index < -0.39 is 0 Å². The van der Waals surface area contributed by atoms with Crippen LogP contribution in [0.25, 0.3) is 0 Å². The number of rotatable bonds is 6. The molecule has 0 aliphatic carbocycles. The highest BCUT2D eigenvalue weighted by atomic mass is 79.9. The van der Waals surface area contributed by atoms with Crippen molar-refractivity contribution in [3.63, 3.8) is 0 Å². The van der Waals surface area contributed by atoms with Crippen molar-refractivity contribution in [3.05, 3.63) is 39.5 Å². The minimum absolute atomic E-state index is 0.661. The van der Waals surface area contributed by atoms with E-state index in [2.05, 4.69) is 53.2 Å². The van der Waals surface area contributed by atoms with Gasteiger partial charge >= 0.3 is 0 Å². The first kappa shape index (κ1) is 15.3. The van der Waals surface area contributed by atoms with Gasteiger partial charge in [-0.3, -0.25) is 4.68 Å². The lowest BCUT2D eigenvalue weighted by molar-refractivity contribution is 0.473. The Labute approximate surface area is 128 Å². The summed E-state index contributed by atoms with van der Waals surface area (Å²) in [6, 6.07) is 2.09. The van der Waals surface area contributed by atoms with E-state index in [0.29, 0.717) is 12.5 Å². The molecule has 0 atom stereocenters. The van der Waals surface area contributed by atoms with Gasteiger partial charge in [-0.2, -0.15) is 5.10 Å². The van der Waals surface area contributed by atoms with Crippen molar-refractivity contribution in [2.24, 2.45) is 5.92 Å². The predicted molar refractivity (Wildman–Crippen MR) is 83.8 cm³/mol. The molecule has 0 fully saturated rings. The van der Waals surface area contributed by atoms with Gasteiger partial charge in [0.25, 0.3) is 0 Å². The van der Waals surface area contributed by atoms with Gasteiger partial charge in [0.15, 0.2) is 0 Å². The highest BCUT2D eigenvalue weighted by molar-refractivity contribution is 9.10. The molecule has 4 nitrogen and oxygen atoms in total. The number of aromatic nitrogens is 2. The smallest absolute Gasteiger partial charge is 0.125 e. The van der Waals surface area contributed by atoms with Crippen LogP contribution in [-0.4, -0.2) is 16.3 Å². The third kappa shape index (κ3) is 3.73. The van der Waals surface area contributed by atoms with Crippen molar-refractivity contribution in [2.75, 3.05) is 6.54 Å². The molecule has 0 aliphatic rings. The van der Waals surface area contributed by atoms with Gasteiger partial charge < -0.3 is 9.73 Å². The molecule has 2 heterocycles. The number of furan rings is 1. The molecule has 2 aromatic heterocycles. The van der Waals surface area contributed by atoms with Crippen LogP contribution in [0.1, 0.15) is 36.6 Å². The normalized spacial score (nSPS) is 11.5. The van der Waals surface area contributed by atoms with E-state index in [-0.39, 0.29) is 0 Å². The zero-order valence-corrected chi connectivity index (χ0v) is 14.1. The zero-order valence-electron chi connectivity index (χ0n) is 12.5. The molecule has 0 aliphatic heterocycles. The van der Waals surface area contributed by atoms with E-state index in [0.717, 1.165) is 34.7 Å². The topological polar surface area (TPSA) is 43.0 Å². The van der Waals surface area contributed by atoms with Crippen molar-refractivity contribution in [2.45, 2.75) is 40.8 Å². The van der Waals surface area contributed by atoms with Gasteiger partial charge in [0.05, 0.1) is 28.7 Å². The minimum atomic E-state index is 0.661. The molecule has 2 rings (SSSR count). The number of halogens is 1. The van der Waals surface area contributed by atoms with Gasteiger partial charge in [0, 0.05) is 12.1 Å². The second-order valence-corrected chi connectivity index (χ2v) is 6.38. The predicted octanol–water partition coefficient (Wildman–Crippen LogP) is 3.65. The number of nitrogens with one attached hydrogen (secondary N) is 1. The summed E-state index contributed by atoms with van der Waals surface area (Å²) in [5.74, 6) is 1.60. The summed E-state index contributed by atoms with van der Waals surface area (Å²) in [4.78, 5) is 0. The maximum atomic E-state index is 5.61. The van der Waals surface area contributed by atoms with E-state index in [1.165, 1.54) is 5.56 Å². The molecule has 2 aromatic rings. The minimum Gasteiger partial charge on any atom is -0.467 e. The van der Waals surface area contributed by atoms with Crippen LogP contribution in [0.2, 0.25) is 0 Å². The van der Waals surface area contributed by atoms with E-state index in [4.69, 9.17) is 4.42 Å². The summed E-state index contributed by atoms with van der Waals surface area (Å²) in [6.45, 7) is 11.0. The summed E-state index contributed by atoms with van der Waals surface area (Å²) < 4.78 is 8.65. The molecule has 0 amide bonds. The Morgan fingerprint density at radius 2 is 2.15 bits per heavy atom. The highest BCUT2D eigenvalue weighted by Crippen LogP contribution is 2.21. The largest absolute Gasteiger partial charge is 0.467 e. The van der Waals surface area contributed by atoms with Crippen molar-refractivity contribution in [1.82, 2.24) is 15.1 Å². The third-order valence-corrected chi connectivity index (χ3v) is 4.34. The molecule has 110 valence electrons. The van der Waals surface area contributed by atoms with Crippen LogP contribution in [0.5, 0.6) is 0 Å². The lowest BCUT2D eigenvalue weighted by atomic mass is 10.2. The van der Waals surface area contributed by atoms with Crippen molar-refractivity contribution in [1.29, 1.82) is 0 Å². The van der Waals surface area contributed by atoms with Gasteiger partial charge in [-0.05, 0) is 48.3 Å². The fraction of sp³-hybridized carbons (Fsp3) is 0.533. The molecule has 5 heteroatoms. The quantitative estimate of drug-likeness (QED) is 0.873. The van der Waals surface area contributed by atoms with Gasteiger partial charge in [0.1, 0.15) is 5.76 Å². The number of hydrogen-bond acceptors (Lipinski definition) is 3. The van der Waals surface area contributed by atoms with Crippen molar-refractivity contribution >= 4 is 15.9 Å². The Morgan fingerprint density at radius 3 is 2.75 bits per heavy atom. The molecule has 0 saturated carbocycles. The van der Waals surface area contributed by atoms with Crippen LogP contribution in [0, 0.1) is 19.8 Å². The molecule has 0 bridgehead atoms. The standard InChI is InChI=1S/C15H22BrN3O/c1-10(2)6-17-7-13-5-14(20-9-13)8-19-12(4)15(16)11(3)18-19/h5,9-10,17H,6-8H2,1-4H3. The summed E-state index contributed by atoms with van der Waals surface area (Å²) in [7, 11) is 0. The average Bonchev–Trinajstić information content (AvgIpc) is 2.91. The Morgan fingerprint density at radius 1 is 1.40 bits per heavy atom. The van der Waals surface area contributed by atoms with Crippen LogP contribution in [0.4, 0.5) is 0 Å². The molecule has 0 radical (unpaired) electrons. The fourth-order valence-corrected chi connectivity index (χ4v) is 2.37. The number of hydrogen-bond donors (Lipinski definition) is 1. The molecule has 0 saturated heterocycles.